The summed E-state index contributed by atoms with van der Waals surface area (Å²) in [6.45, 7) is 4.21. The van der Waals surface area contributed by atoms with Crippen molar-refractivity contribution in [3.05, 3.63) is 60.6 Å². The molecule has 0 radical (unpaired) electrons. The SMILES string of the molecule is CC(C)c1c(NC(=O)Nc2cccnc2)cnc2ccccc12. The fraction of sp³-hybridized carbons (Fsp3) is 0.167. The lowest BCUT2D eigenvalue weighted by Gasteiger charge is -2.16. The molecule has 3 rings (SSSR count). The quantitative estimate of drug-likeness (QED) is 0.753. The van der Waals surface area contributed by atoms with E-state index in [0.29, 0.717) is 5.69 Å². The lowest BCUT2D eigenvalue weighted by atomic mass is 9.97. The van der Waals surface area contributed by atoms with Gasteiger partial charge < -0.3 is 10.6 Å². The van der Waals surface area contributed by atoms with Crippen LogP contribution < -0.4 is 10.6 Å². The summed E-state index contributed by atoms with van der Waals surface area (Å²) < 4.78 is 0. The lowest BCUT2D eigenvalue weighted by molar-refractivity contribution is 0.262. The highest BCUT2D eigenvalue weighted by Crippen LogP contribution is 2.31. The number of hydrogen-bond donors (Lipinski definition) is 2. The molecular weight excluding hydrogens is 288 g/mol. The summed E-state index contributed by atoms with van der Waals surface area (Å²) in [5, 5.41) is 6.71. The van der Waals surface area contributed by atoms with E-state index >= 15 is 0 Å². The molecule has 0 bridgehead atoms. The zero-order valence-electron chi connectivity index (χ0n) is 13.1. The summed E-state index contributed by atoms with van der Waals surface area (Å²) >= 11 is 0. The molecular formula is C18H18N4O. The van der Waals surface area contributed by atoms with Crippen LogP contribution in [-0.4, -0.2) is 16.0 Å². The van der Waals surface area contributed by atoms with E-state index < -0.39 is 0 Å². The number of hydrogen-bond acceptors (Lipinski definition) is 3. The number of nitrogens with zero attached hydrogens (tertiary/aromatic N) is 2. The van der Waals surface area contributed by atoms with Crippen molar-refractivity contribution in [3.8, 4) is 0 Å². The number of benzene rings is 1. The van der Waals surface area contributed by atoms with Crippen LogP contribution in [0.25, 0.3) is 10.9 Å². The minimum absolute atomic E-state index is 0.261. The van der Waals surface area contributed by atoms with Crippen LogP contribution >= 0.6 is 0 Å². The van der Waals surface area contributed by atoms with Crippen molar-refractivity contribution < 1.29 is 4.79 Å². The van der Waals surface area contributed by atoms with Gasteiger partial charge in [-0.3, -0.25) is 9.97 Å². The van der Waals surface area contributed by atoms with Gasteiger partial charge in [-0.05, 0) is 29.7 Å². The normalized spacial score (nSPS) is 10.7. The molecule has 0 aliphatic heterocycles. The predicted molar refractivity (Wildman–Crippen MR) is 92.7 cm³/mol. The summed E-state index contributed by atoms with van der Waals surface area (Å²) in [5.74, 6) is 0.261. The maximum Gasteiger partial charge on any atom is 0.323 e. The van der Waals surface area contributed by atoms with Gasteiger partial charge in [0.25, 0.3) is 0 Å². The Kier molecular flexibility index (Phi) is 4.19. The first kappa shape index (κ1) is 15.0. The first-order chi connectivity index (χ1) is 11.1. The van der Waals surface area contributed by atoms with Crippen molar-refractivity contribution in [1.82, 2.24) is 9.97 Å². The molecule has 116 valence electrons. The molecule has 0 saturated carbocycles. The molecule has 2 N–H and O–H groups in total. The number of urea groups is 1. The average Bonchev–Trinajstić information content (AvgIpc) is 2.55. The molecule has 3 aromatic rings. The van der Waals surface area contributed by atoms with Crippen LogP contribution in [0.15, 0.2) is 55.0 Å². The number of fused-ring (bicyclic) bond motifs is 1. The summed E-state index contributed by atoms with van der Waals surface area (Å²) in [6, 6.07) is 11.2. The third-order valence-electron chi connectivity index (χ3n) is 3.56. The maximum atomic E-state index is 12.2. The van der Waals surface area contributed by atoms with E-state index in [1.807, 2.05) is 24.3 Å². The summed E-state index contributed by atoms with van der Waals surface area (Å²) in [7, 11) is 0. The summed E-state index contributed by atoms with van der Waals surface area (Å²) in [4.78, 5) is 20.6. The number of pyridine rings is 2. The number of nitrogens with one attached hydrogen (secondary N) is 2. The van der Waals surface area contributed by atoms with Gasteiger partial charge in [0, 0.05) is 11.6 Å². The molecule has 23 heavy (non-hydrogen) atoms. The fourth-order valence-electron chi connectivity index (χ4n) is 2.61. The van der Waals surface area contributed by atoms with Crippen molar-refractivity contribution in [2.75, 3.05) is 10.6 Å². The Labute approximate surface area is 134 Å². The Morgan fingerprint density at radius 3 is 2.61 bits per heavy atom. The van der Waals surface area contributed by atoms with E-state index in [9.17, 15) is 4.79 Å². The second-order valence-corrected chi connectivity index (χ2v) is 5.58. The van der Waals surface area contributed by atoms with Gasteiger partial charge in [0.15, 0.2) is 0 Å². The van der Waals surface area contributed by atoms with Gasteiger partial charge in [-0.1, -0.05) is 32.0 Å². The number of amides is 2. The van der Waals surface area contributed by atoms with E-state index in [4.69, 9.17) is 0 Å². The Hall–Kier alpha value is -2.95. The number of para-hydroxylation sites is 1. The highest BCUT2D eigenvalue weighted by Gasteiger charge is 2.14. The second kappa shape index (κ2) is 6.44. The number of anilines is 2. The third kappa shape index (κ3) is 3.29. The van der Waals surface area contributed by atoms with Gasteiger partial charge in [-0.2, -0.15) is 0 Å². The highest BCUT2D eigenvalue weighted by atomic mass is 16.2. The van der Waals surface area contributed by atoms with E-state index in [2.05, 4.69) is 34.4 Å². The topological polar surface area (TPSA) is 66.9 Å². The van der Waals surface area contributed by atoms with Gasteiger partial charge in [0.05, 0.1) is 29.3 Å². The van der Waals surface area contributed by atoms with Crippen LogP contribution in [0.5, 0.6) is 0 Å². The lowest BCUT2D eigenvalue weighted by Crippen LogP contribution is -2.20. The van der Waals surface area contributed by atoms with Crippen LogP contribution in [0.2, 0.25) is 0 Å². The van der Waals surface area contributed by atoms with Crippen molar-refractivity contribution in [2.45, 2.75) is 19.8 Å². The molecule has 0 spiro atoms. The number of carbonyl (C=O) groups excluding carboxylic acids is 1. The molecule has 0 saturated heterocycles. The summed E-state index contributed by atoms with van der Waals surface area (Å²) in [5.41, 5.74) is 3.37. The number of aromatic nitrogens is 2. The monoisotopic (exact) mass is 306 g/mol. The van der Waals surface area contributed by atoms with Crippen LogP contribution in [-0.2, 0) is 0 Å². The summed E-state index contributed by atoms with van der Waals surface area (Å²) in [6.07, 6.45) is 4.97. The molecule has 0 aliphatic carbocycles. The Balaban J connectivity index is 1.90. The Bertz CT molecular complexity index is 831. The van der Waals surface area contributed by atoms with Crippen LogP contribution in [0.1, 0.15) is 25.3 Å². The average molecular weight is 306 g/mol. The van der Waals surface area contributed by atoms with E-state index in [1.165, 1.54) is 0 Å². The molecule has 1 aromatic carbocycles. The third-order valence-corrected chi connectivity index (χ3v) is 3.56. The van der Waals surface area contributed by atoms with E-state index in [0.717, 1.165) is 22.2 Å². The Morgan fingerprint density at radius 2 is 1.87 bits per heavy atom. The zero-order chi connectivity index (χ0) is 16.2. The first-order valence-electron chi connectivity index (χ1n) is 7.51. The molecule has 5 nitrogen and oxygen atoms in total. The smallest absolute Gasteiger partial charge is 0.306 e. The van der Waals surface area contributed by atoms with E-state index in [1.54, 1.807) is 30.7 Å². The largest absolute Gasteiger partial charge is 0.323 e. The van der Waals surface area contributed by atoms with Gasteiger partial charge >= 0.3 is 6.03 Å². The molecule has 0 unspecified atom stereocenters. The van der Waals surface area contributed by atoms with Gasteiger partial charge in [-0.25, -0.2) is 4.79 Å². The molecule has 0 fully saturated rings. The maximum absolute atomic E-state index is 12.2. The van der Waals surface area contributed by atoms with Crippen molar-refractivity contribution >= 4 is 28.3 Å². The van der Waals surface area contributed by atoms with Crippen molar-refractivity contribution in [3.63, 3.8) is 0 Å². The molecule has 2 heterocycles. The minimum atomic E-state index is -0.308. The van der Waals surface area contributed by atoms with Gasteiger partial charge in [-0.15, -0.1) is 0 Å². The Morgan fingerprint density at radius 1 is 1.04 bits per heavy atom. The van der Waals surface area contributed by atoms with Crippen LogP contribution in [0, 0.1) is 0 Å². The molecule has 2 amide bonds. The van der Waals surface area contributed by atoms with Gasteiger partial charge in [0.1, 0.15) is 0 Å². The number of rotatable bonds is 3. The van der Waals surface area contributed by atoms with Gasteiger partial charge in [0.2, 0.25) is 0 Å². The number of carbonyl (C=O) groups is 1. The van der Waals surface area contributed by atoms with Crippen molar-refractivity contribution in [1.29, 1.82) is 0 Å². The minimum Gasteiger partial charge on any atom is -0.306 e. The standard InChI is InChI=1S/C18H18N4O/c1-12(2)17-14-7-3-4-8-15(14)20-11-16(17)22-18(23)21-13-6-5-9-19-10-13/h3-12H,1-2H3,(H2,21,22,23). The fourth-order valence-corrected chi connectivity index (χ4v) is 2.61. The first-order valence-corrected chi connectivity index (χ1v) is 7.51. The predicted octanol–water partition coefficient (Wildman–Crippen LogP) is 4.40. The van der Waals surface area contributed by atoms with Crippen LogP contribution in [0.4, 0.5) is 16.2 Å². The molecule has 2 aromatic heterocycles. The molecule has 0 aliphatic rings. The van der Waals surface area contributed by atoms with Crippen molar-refractivity contribution in [2.24, 2.45) is 0 Å². The molecule has 0 atom stereocenters. The second-order valence-electron chi connectivity index (χ2n) is 5.58. The highest BCUT2D eigenvalue weighted by molar-refractivity contribution is 6.02. The van der Waals surface area contributed by atoms with E-state index in [-0.39, 0.29) is 11.9 Å². The zero-order valence-corrected chi connectivity index (χ0v) is 13.1. The molecule has 5 heteroatoms. The van der Waals surface area contributed by atoms with Crippen LogP contribution in [0.3, 0.4) is 0 Å².